The van der Waals surface area contributed by atoms with Crippen LogP contribution in [-0.4, -0.2) is 82.6 Å². The van der Waals surface area contributed by atoms with Crippen LogP contribution in [0.5, 0.6) is 0 Å². The van der Waals surface area contributed by atoms with E-state index in [1.807, 2.05) is 47.7 Å². The van der Waals surface area contributed by atoms with Crippen LogP contribution < -0.4 is 22.1 Å². The molecule has 0 bridgehead atoms. The number of imidazole rings is 1. The molecule has 1 amide bonds. The highest BCUT2D eigenvalue weighted by molar-refractivity contribution is 7.73. The molecule has 0 radical (unpaired) electrons. The smallest absolute Gasteiger partial charge is 0.387 e. The summed E-state index contributed by atoms with van der Waals surface area (Å²) in [6.07, 6.45) is 17.8. The Bertz CT molecular complexity index is 3400. The third-order valence-corrected chi connectivity index (χ3v) is 21.6. The molecular weight excluding hydrogens is 945 g/mol. The Morgan fingerprint density at radius 2 is 1.53 bits per heavy atom. The van der Waals surface area contributed by atoms with Crippen molar-refractivity contribution in [2.45, 2.75) is 146 Å². The number of hydrogen-bond donors (Lipinski definition) is 2. The molecular formula is C56H65FN9O6P. The maximum absolute atomic E-state index is 15.8. The summed E-state index contributed by atoms with van der Waals surface area (Å²) in [6.45, 7) is 7.16. The Labute approximate surface area is 423 Å². The maximum atomic E-state index is 15.8. The quantitative estimate of drug-likeness (QED) is 0.120. The average Bonchev–Trinajstić information content (AvgIpc) is 3.69. The predicted octanol–water partition coefficient (Wildman–Crippen LogP) is 10.1. The third-order valence-electron chi connectivity index (χ3n) is 17.3. The summed E-state index contributed by atoms with van der Waals surface area (Å²) in [4.78, 5) is 47.8. The van der Waals surface area contributed by atoms with E-state index in [-0.39, 0.29) is 28.7 Å². The van der Waals surface area contributed by atoms with Crippen LogP contribution in [0.3, 0.4) is 0 Å². The molecule has 1 atom stereocenters. The molecule has 3 aromatic carbocycles. The fourth-order valence-electron chi connectivity index (χ4n) is 13.3. The molecule has 3 saturated carbocycles. The number of carbonyl (C=O) groups is 1. The van der Waals surface area contributed by atoms with Crippen molar-refractivity contribution in [1.29, 1.82) is 0 Å². The molecule has 4 aromatic heterocycles. The highest BCUT2D eigenvalue weighted by Gasteiger charge is 2.53. The van der Waals surface area contributed by atoms with Crippen molar-refractivity contribution >= 4 is 34.9 Å². The zero-order valence-electron chi connectivity index (χ0n) is 42.3. The maximum Gasteiger partial charge on any atom is 0.438 e. The minimum Gasteiger partial charge on any atom is -0.387 e. The first-order valence-electron chi connectivity index (χ1n) is 26.6. The number of H-pyrrole nitrogens is 1. The lowest BCUT2D eigenvalue weighted by molar-refractivity contribution is 0.0664. The van der Waals surface area contributed by atoms with Gasteiger partial charge in [0.2, 0.25) is 0 Å². The second-order valence-corrected chi connectivity index (χ2v) is 24.9. The average molecular weight is 1010 g/mol. The Balaban J connectivity index is 0.962. The zero-order valence-corrected chi connectivity index (χ0v) is 43.2. The highest BCUT2D eigenvalue weighted by Crippen LogP contribution is 2.63. The third kappa shape index (κ3) is 7.91. The number of halogens is 1. The number of fused-ring (bicyclic) bond motifs is 2. The molecule has 17 heteroatoms. The molecule has 15 nitrogen and oxygen atoms in total. The van der Waals surface area contributed by atoms with Crippen molar-refractivity contribution < 1.29 is 23.0 Å². The van der Waals surface area contributed by atoms with Gasteiger partial charge in [0.15, 0.2) is 5.82 Å². The minimum absolute atomic E-state index is 0.164. The van der Waals surface area contributed by atoms with Crippen molar-refractivity contribution in [3.63, 3.8) is 0 Å². The lowest BCUT2D eigenvalue weighted by Gasteiger charge is -2.39. The second kappa shape index (κ2) is 18.6. The molecule has 3 aliphatic carbocycles. The number of aromatic amines is 1. The zero-order chi connectivity index (χ0) is 50.3. The van der Waals surface area contributed by atoms with E-state index >= 15 is 18.5 Å². The number of aromatic nitrogens is 7. The predicted molar refractivity (Wildman–Crippen MR) is 280 cm³/mol. The van der Waals surface area contributed by atoms with Crippen molar-refractivity contribution in [3.05, 3.63) is 133 Å². The Morgan fingerprint density at radius 3 is 2.18 bits per heavy atom. The number of benzene rings is 3. The lowest BCUT2D eigenvalue weighted by Crippen LogP contribution is -2.41. The largest absolute Gasteiger partial charge is 0.438 e. The van der Waals surface area contributed by atoms with E-state index in [9.17, 15) is 4.79 Å². The van der Waals surface area contributed by atoms with E-state index in [0.29, 0.717) is 90.3 Å². The number of ether oxygens (including phenoxy) is 1. The number of rotatable bonds is 11. The summed E-state index contributed by atoms with van der Waals surface area (Å²) < 4.78 is 48.8. The van der Waals surface area contributed by atoms with Gasteiger partial charge in [0.1, 0.15) is 30.0 Å². The first-order valence-corrected chi connectivity index (χ1v) is 28.5. The standard InChI is InChI=1S/C56H65FN9O6P/c1-34-29-41(30-35(2)50(34)57)66-51(64-26-25-63(55(64)69)40-16-18-48(45(33-40)58-4)73(70,42-11-7-5-8-12-42)43-13-9-6-10-14-43)49-36(3)62(24-19-44(49)60-66)52(67)47-32-39-31-38(37-20-27-71-28-21-37)15-17-46(39)65(47)56(22-23-56)53-59-54(68)72-61-53/h15-18,25-26,29-33,36-37,42-43,58H,5-14,19-24,27-28H2,1-4H3,(H,59,61,68)/t36-/m0/s1. The molecule has 5 aliphatic rings. The van der Waals surface area contributed by atoms with E-state index in [2.05, 4.69) is 33.7 Å². The second-order valence-electron chi connectivity index (χ2n) is 21.5. The van der Waals surface area contributed by atoms with Gasteiger partial charge in [-0.15, -0.1) is 0 Å². The lowest BCUT2D eigenvalue weighted by atomic mass is 9.91. The van der Waals surface area contributed by atoms with E-state index in [1.165, 1.54) is 18.4 Å². The number of nitrogens with zero attached hydrogens (tertiary/aromatic N) is 7. The van der Waals surface area contributed by atoms with Crippen molar-refractivity contribution in [2.75, 3.05) is 32.1 Å². The number of hydrogen-bond acceptors (Lipinski definition) is 9. The van der Waals surface area contributed by atoms with Crippen molar-refractivity contribution in [3.8, 4) is 17.2 Å². The molecule has 7 aromatic rings. The van der Waals surface area contributed by atoms with Gasteiger partial charge in [0.25, 0.3) is 5.91 Å². The van der Waals surface area contributed by atoms with Gasteiger partial charge in [-0.3, -0.25) is 23.4 Å². The number of amides is 1. The summed E-state index contributed by atoms with van der Waals surface area (Å²) in [7, 11) is -0.964. The summed E-state index contributed by atoms with van der Waals surface area (Å²) in [5.41, 5.74) is 6.02. The number of nitrogens with one attached hydrogen (secondary N) is 2. The topological polar surface area (TPSA) is 167 Å². The van der Waals surface area contributed by atoms with Gasteiger partial charge in [-0.25, -0.2) is 18.7 Å². The normalized spacial score (nSPS) is 19.9. The van der Waals surface area contributed by atoms with Gasteiger partial charge in [0.05, 0.1) is 23.1 Å². The summed E-state index contributed by atoms with van der Waals surface area (Å²) in [5, 5.41) is 14.6. The number of anilines is 1. The van der Waals surface area contributed by atoms with Crippen molar-refractivity contribution in [2.24, 2.45) is 0 Å². The first-order chi connectivity index (χ1) is 35.4. The van der Waals surface area contributed by atoms with Crippen LogP contribution in [0, 0.1) is 19.7 Å². The fraction of sp³-hybridized carbons (Fsp3) is 0.482. The molecule has 2 aliphatic heterocycles. The summed E-state index contributed by atoms with van der Waals surface area (Å²) >= 11 is 0. The number of carbonyl (C=O) groups excluding carboxylic acids is 1. The Morgan fingerprint density at radius 1 is 0.849 bits per heavy atom. The number of aryl methyl sites for hydroxylation is 2. The van der Waals surface area contributed by atoms with Crippen LogP contribution in [0.15, 0.2) is 81.1 Å². The van der Waals surface area contributed by atoms with Gasteiger partial charge >= 0.3 is 11.4 Å². The van der Waals surface area contributed by atoms with Gasteiger partial charge in [-0.05, 0) is 143 Å². The molecule has 1 saturated heterocycles. The van der Waals surface area contributed by atoms with Crippen LogP contribution in [0.25, 0.3) is 28.1 Å². The highest BCUT2D eigenvalue weighted by atomic mass is 31.2. The SMILES string of the molecule is CNc1cc(-n2ccn(-c3c4c(nn3-c3cc(C)c(F)c(C)c3)CCN(C(=O)c3cc5cc(C6CCOCC6)ccc5n3C3(c5noc(=O)[nH]5)CC3)[C@H]4C)c2=O)ccc1P(=O)(C1CCCCC1)C1CCCCC1. The Kier molecular flexibility index (Phi) is 12.2. The van der Waals surface area contributed by atoms with Gasteiger partial charge in [-0.2, -0.15) is 5.10 Å². The molecule has 0 spiro atoms. The summed E-state index contributed by atoms with van der Waals surface area (Å²) in [5.74, 6) is -0.00362. The summed E-state index contributed by atoms with van der Waals surface area (Å²) in [6, 6.07) is 17.2. The van der Waals surface area contributed by atoms with Gasteiger partial charge < -0.3 is 24.1 Å². The van der Waals surface area contributed by atoms with Crippen LogP contribution in [0.4, 0.5) is 10.1 Å². The van der Waals surface area contributed by atoms with E-state index in [1.54, 1.807) is 52.2 Å². The van der Waals surface area contributed by atoms with Crippen LogP contribution in [0.1, 0.15) is 153 Å². The molecule has 382 valence electrons. The van der Waals surface area contributed by atoms with Crippen molar-refractivity contribution in [1.82, 2.24) is 38.5 Å². The van der Waals surface area contributed by atoms with Crippen LogP contribution in [-0.2, 0) is 21.3 Å². The van der Waals surface area contributed by atoms with Crippen LogP contribution >= 0.6 is 7.14 Å². The monoisotopic (exact) mass is 1010 g/mol. The molecule has 2 N–H and O–H groups in total. The molecule has 0 unspecified atom stereocenters. The van der Waals surface area contributed by atoms with E-state index < -0.39 is 24.5 Å². The molecule has 4 fully saturated rings. The van der Waals surface area contributed by atoms with Gasteiger partial charge in [0, 0.05) is 84.4 Å². The first kappa shape index (κ1) is 47.7. The fourth-order valence-corrected chi connectivity index (χ4v) is 17.8. The van der Waals surface area contributed by atoms with Crippen LogP contribution in [0.2, 0.25) is 0 Å². The minimum atomic E-state index is -2.84. The van der Waals surface area contributed by atoms with E-state index in [0.717, 1.165) is 91.8 Å². The molecule has 73 heavy (non-hydrogen) atoms. The molecule has 6 heterocycles. The molecule has 12 rings (SSSR count). The Hall–Kier alpha value is -6.25. The van der Waals surface area contributed by atoms with E-state index in [4.69, 9.17) is 14.4 Å². The van der Waals surface area contributed by atoms with Gasteiger partial charge in [-0.1, -0.05) is 49.7 Å².